The average Bonchev–Trinajstić information content (AvgIpc) is 2.87. The molecule has 39 heavy (non-hydrogen) atoms. The Labute approximate surface area is 236 Å². The highest BCUT2D eigenvalue weighted by Gasteiger charge is 2.32. The third-order valence-corrected chi connectivity index (χ3v) is 7.64. The quantitative estimate of drug-likeness (QED) is 0.130. The molecule has 0 saturated carbocycles. The van der Waals surface area contributed by atoms with Crippen LogP contribution in [0.1, 0.15) is 66.4 Å². The smallest absolute Gasteiger partial charge is 0.223 e. The van der Waals surface area contributed by atoms with Crippen molar-refractivity contribution in [1.29, 1.82) is 0 Å². The first-order chi connectivity index (χ1) is 18.2. The lowest BCUT2D eigenvalue weighted by atomic mass is 9.80. The molecule has 1 aromatic carbocycles. The van der Waals surface area contributed by atoms with Crippen LogP contribution in [0.15, 0.2) is 18.2 Å². The van der Waals surface area contributed by atoms with Crippen molar-refractivity contribution in [2.24, 2.45) is 40.6 Å². The zero-order valence-corrected chi connectivity index (χ0v) is 25.4. The number of carbonyl (C=O) groups is 1. The van der Waals surface area contributed by atoms with Crippen LogP contribution in [0.25, 0.3) is 0 Å². The molecule has 0 fully saturated rings. The molecule has 0 aliphatic heterocycles. The molecule has 0 aliphatic carbocycles. The first kappa shape index (κ1) is 35.1. The van der Waals surface area contributed by atoms with Crippen LogP contribution >= 0.6 is 0 Å². The summed E-state index contributed by atoms with van der Waals surface area (Å²) in [7, 11) is 3.30. The van der Waals surface area contributed by atoms with Gasteiger partial charge in [-0.1, -0.05) is 47.6 Å². The van der Waals surface area contributed by atoms with Gasteiger partial charge in [0.2, 0.25) is 5.91 Å². The van der Waals surface area contributed by atoms with Crippen LogP contribution in [0.3, 0.4) is 0 Å². The number of aliphatic hydroxyl groups is 2. The fraction of sp³-hybridized carbons (Fsp3) is 0.767. The molecule has 1 rings (SSSR count). The zero-order valence-electron chi connectivity index (χ0n) is 25.4. The van der Waals surface area contributed by atoms with Gasteiger partial charge in [-0.05, 0) is 54.7 Å². The number of carbonyl (C=O) groups excluding carboxylic acids is 1. The third-order valence-electron chi connectivity index (χ3n) is 7.64. The Balaban J connectivity index is 2.86. The molecule has 0 aromatic heterocycles. The largest absolute Gasteiger partial charge is 0.493 e. The molecule has 9 nitrogen and oxygen atoms in total. The second-order valence-electron chi connectivity index (χ2n) is 12.1. The van der Waals surface area contributed by atoms with Crippen LogP contribution in [0.2, 0.25) is 0 Å². The molecule has 0 radical (unpaired) electrons. The molecule has 5 atom stereocenters. The molecule has 0 bridgehead atoms. The van der Waals surface area contributed by atoms with Crippen molar-refractivity contribution in [3.8, 4) is 11.5 Å². The van der Waals surface area contributed by atoms with Crippen molar-refractivity contribution in [2.75, 3.05) is 34.0 Å². The molecule has 1 amide bonds. The molecule has 0 saturated heterocycles. The van der Waals surface area contributed by atoms with E-state index in [0.29, 0.717) is 37.1 Å². The first-order valence-electron chi connectivity index (χ1n) is 14.2. The lowest BCUT2D eigenvalue weighted by Gasteiger charge is -2.31. The van der Waals surface area contributed by atoms with E-state index in [0.717, 1.165) is 18.4 Å². The van der Waals surface area contributed by atoms with Gasteiger partial charge < -0.3 is 41.2 Å². The van der Waals surface area contributed by atoms with E-state index >= 15 is 0 Å². The molecule has 0 spiro atoms. The Hall–Kier alpha value is -1.91. The van der Waals surface area contributed by atoms with Crippen molar-refractivity contribution >= 4 is 5.91 Å². The molecule has 0 aliphatic rings. The van der Waals surface area contributed by atoms with E-state index in [4.69, 9.17) is 25.7 Å². The highest BCUT2D eigenvalue weighted by atomic mass is 16.5. The van der Waals surface area contributed by atoms with Crippen molar-refractivity contribution in [1.82, 2.24) is 5.32 Å². The minimum absolute atomic E-state index is 0.0141. The Kier molecular flexibility index (Phi) is 15.3. The molecule has 226 valence electrons. The van der Waals surface area contributed by atoms with Crippen LogP contribution in [0.4, 0.5) is 0 Å². The minimum Gasteiger partial charge on any atom is -0.493 e. The summed E-state index contributed by atoms with van der Waals surface area (Å²) in [5, 5.41) is 23.7. The summed E-state index contributed by atoms with van der Waals surface area (Å²) in [6, 6.07) is 5.50. The number of hydrogen-bond donors (Lipinski definition) is 5. The number of hydrogen-bond acceptors (Lipinski definition) is 8. The second-order valence-corrected chi connectivity index (χ2v) is 12.1. The standard InChI is InChI=1S/C30H55N3O6/c1-19(2)22(14-21-10-11-26(38-8)27(15-21)39-13-9-12-37-7)16-24(31)25(34)17-23(20(3)4)28(35)33-18-30(5,6)29(32)36/h10-11,15,19-20,22-25,29,34,36H,9,12-14,16-18,31-32H2,1-8H3,(H,33,35)/t22-,23-,24-,25+,29?/m0/s1. The van der Waals surface area contributed by atoms with E-state index in [-0.39, 0.29) is 30.7 Å². The minimum atomic E-state index is -1.05. The van der Waals surface area contributed by atoms with Crippen LogP contribution in [0, 0.1) is 29.1 Å². The monoisotopic (exact) mass is 553 g/mol. The molecule has 1 aromatic rings. The number of benzene rings is 1. The maximum Gasteiger partial charge on any atom is 0.223 e. The van der Waals surface area contributed by atoms with Crippen molar-refractivity contribution < 1.29 is 29.2 Å². The summed E-state index contributed by atoms with van der Waals surface area (Å²) in [5.74, 6) is 1.39. The van der Waals surface area contributed by atoms with Crippen molar-refractivity contribution in [3.63, 3.8) is 0 Å². The van der Waals surface area contributed by atoms with Crippen LogP contribution < -0.4 is 26.3 Å². The molecule has 9 heteroatoms. The van der Waals surface area contributed by atoms with E-state index in [9.17, 15) is 15.0 Å². The van der Waals surface area contributed by atoms with Gasteiger partial charge in [-0.15, -0.1) is 0 Å². The summed E-state index contributed by atoms with van der Waals surface area (Å²) in [4.78, 5) is 13.0. The van der Waals surface area contributed by atoms with Crippen molar-refractivity contribution in [3.05, 3.63) is 23.8 Å². The Morgan fingerprint density at radius 1 is 1.00 bits per heavy atom. The Bertz CT molecular complexity index is 846. The number of methoxy groups -OCH3 is 2. The van der Waals surface area contributed by atoms with Gasteiger partial charge in [-0.3, -0.25) is 4.79 Å². The predicted molar refractivity (Wildman–Crippen MR) is 156 cm³/mol. The van der Waals surface area contributed by atoms with Gasteiger partial charge in [0.15, 0.2) is 11.5 Å². The zero-order chi connectivity index (χ0) is 29.8. The van der Waals surface area contributed by atoms with Crippen LogP contribution in [-0.4, -0.2) is 68.5 Å². The van der Waals surface area contributed by atoms with E-state index in [1.165, 1.54) is 0 Å². The average molecular weight is 554 g/mol. The van der Waals surface area contributed by atoms with E-state index in [1.807, 2.05) is 32.0 Å². The molecule has 1 unspecified atom stereocenters. The van der Waals surface area contributed by atoms with E-state index < -0.39 is 29.7 Å². The lowest BCUT2D eigenvalue weighted by Crippen LogP contribution is -2.48. The highest BCUT2D eigenvalue weighted by Crippen LogP contribution is 2.32. The fourth-order valence-electron chi connectivity index (χ4n) is 4.41. The fourth-order valence-corrected chi connectivity index (χ4v) is 4.41. The molecule has 7 N–H and O–H groups in total. The van der Waals surface area contributed by atoms with Gasteiger partial charge in [0.05, 0.1) is 19.8 Å². The Morgan fingerprint density at radius 2 is 1.67 bits per heavy atom. The summed E-state index contributed by atoms with van der Waals surface area (Å²) in [6.45, 7) is 13.2. The van der Waals surface area contributed by atoms with Crippen LogP contribution in [0.5, 0.6) is 11.5 Å². The van der Waals surface area contributed by atoms with Gasteiger partial charge in [0.1, 0.15) is 6.23 Å². The predicted octanol–water partition coefficient (Wildman–Crippen LogP) is 3.09. The summed E-state index contributed by atoms with van der Waals surface area (Å²) < 4.78 is 16.5. The summed E-state index contributed by atoms with van der Waals surface area (Å²) in [6.07, 6.45) is 0.574. The summed E-state index contributed by atoms with van der Waals surface area (Å²) in [5.41, 5.74) is 12.6. The summed E-state index contributed by atoms with van der Waals surface area (Å²) >= 11 is 0. The van der Waals surface area contributed by atoms with Crippen molar-refractivity contribution in [2.45, 2.75) is 85.6 Å². The number of nitrogens with one attached hydrogen (secondary N) is 1. The van der Waals surface area contributed by atoms with Gasteiger partial charge >= 0.3 is 0 Å². The lowest BCUT2D eigenvalue weighted by molar-refractivity contribution is -0.128. The topological polar surface area (TPSA) is 149 Å². The van der Waals surface area contributed by atoms with E-state index in [1.54, 1.807) is 28.1 Å². The van der Waals surface area contributed by atoms with Gasteiger partial charge in [0, 0.05) is 44.1 Å². The SMILES string of the molecule is COCCCOc1cc(C[C@@H](C[C@H](N)[C@H](O)C[C@H](C(=O)NCC(C)(C)C(N)O)C(C)C)C(C)C)ccc1OC. The maximum absolute atomic E-state index is 13.0. The normalized spacial score (nSPS) is 16.1. The van der Waals surface area contributed by atoms with Gasteiger partial charge in [-0.25, -0.2) is 0 Å². The number of aliphatic hydroxyl groups excluding tert-OH is 2. The number of amides is 1. The van der Waals surface area contributed by atoms with Crippen LogP contribution in [-0.2, 0) is 16.0 Å². The molecular weight excluding hydrogens is 498 g/mol. The third kappa shape index (κ3) is 12.0. The number of ether oxygens (including phenoxy) is 3. The number of rotatable bonds is 19. The highest BCUT2D eigenvalue weighted by molar-refractivity contribution is 5.79. The van der Waals surface area contributed by atoms with E-state index in [2.05, 4.69) is 19.2 Å². The van der Waals surface area contributed by atoms with Gasteiger partial charge in [0.25, 0.3) is 0 Å². The maximum atomic E-state index is 13.0. The number of nitrogens with two attached hydrogens (primary N) is 2. The Morgan fingerprint density at radius 3 is 2.21 bits per heavy atom. The second kappa shape index (κ2) is 17.0. The van der Waals surface area contributed by atoms with Gasteiger partial charge in [-0.2, -0.15) is 0 Å². The molecular formula is C30H55N3O6. The molecule has 0 heterocycles. The first-order valence-corrected chi connectivity index (χ1v) is 14.2.